The first-order valence-electron chi connectivity index (χ1n) is 5.87. The van der Waals surface area contributed by atoms with Gasteiger partial charge in [-0.05, 0) is 23.6 Å². The van der Waals surface area contributed by atoms with Crippen molar-refractivity contribution in [2.45, 2.75) is 0 Å². The molecule has 0 radical (unpaired) electrons. The van der Waals surface area contributed by atoms with Gasteiger partial charge in [-0.1, -0.05) is 36.4 Å². The Hall–Kier alpha value is -2.35. The molecular formula is C16H13NO. The molecule has 0 aliphatic heterocycles. The molecule has 0 aliphatic rings. The van der Waals surface area contributed by atoms with Crippen LogP contribution < -0.4 is 4.74 Å². The Morgan fingerprint density at radius 2 is 1.67 bits per heavy atom. The molecule has 0 spiro atoms. The number of hydrogen-bond acceptors (Lipinski definition) is 2. The number of hydrogen-bond donors (Lipinski definition) is 0. The van der Waals surface area contributed by atoms with E-state index in [4.69, 9.17) is 4.74 Å². The normalized spacial score (nSPS) is 10.5. The van der Waals surface area contributed by atoms with Gasteiger partial charge in [0.25, 0.3) is 0 Å². The number of rotatable bonds is 2. The number of ether oxygens (including phenoxy) is 1. The van der Waals surface area contributed by atoms with Gasteiger partial charge in [-0.15, -0.1) is 0 Å². The molecule has 0 amide bonds. The van der Waals surface area contributed by atoms with Crippen molar-refractivity contribution in [2.75, 3.05) is 7.11 Å². The van der Waals surface area contributed by atoms with E-state index in [1.54, 1.807) is 7.11 Å². The third-order valence-electron chi connectivity index (χ3n) is 3.04. The molecule has 0 aliphatic carbocycles. The van der Waals surface area contributed by atoms with Gasteiger partial charge in [0, 0.05) is 17.1 Å². The van der Waals surface area contributed by atoms with Gasteiger partial charge in [-0.25, -0.2) is 0 Å². The van der Waals surface area contributed by atoms with Crippen molar-refractivity contribution in [2.24, 2.45) is 0 Å². The fourth-order valence-corrected chi connectivity index (χ4v) is 2.20. The quantitative estimate of drug-likeness (QED) is 0.671. The molecule has 3 rings (SSSR count). The zero-order valence-electron chi connectivity index (χ0n) is 10.1. The Labute approximate surface area is 106 Å². The second kappa shape index (κ2) is 4.49. The molecule has 0 saturated carbocycles. The summed E-state index contributed by atoms with van der Waals surface area (Å²) in [5.41, 5.74) is 2.11. The number of aromatic nitrogens is 1. The first-order chi connectivity index (χ1) is 8.90. The van der Waals surface area contributed by atoms with Gasteiger partial charge in [0.2, 0.25) is 0 Å². The Morgan fingerprint density at radius 3 is 2.44 bits per heavy atom. The number of fused-ring (bicyclic) bond motifs is 1. The minimum absolute atomic E-state index is 0.894. The van der Waals surface area contributed by atoms with E-state index < -0.39 is 0 Å². The van der Waals surface area contributed by atoms with Crippen LogP contribution in [-0.2, 0) is 0 Å². The number of benzene rings is 2. The lowest BCUT2D eigenvalue weighted by atomic mass is 10.0. The van der Waals surface area contributed by atoms with Crippen LogP contribution in [-0.4, -0.2) is 12.1 Å². The van der Waals surface area contributed by atoms with Crippen molar-refractivity contribution < 1.29 is 4.74 Å². The Bertz CT molecular complexity index is 677. The van der Waals surface area contributed by atoms with Crippen molar-refractivity contribution in [1.29, 1.82) is 0 Å². The van der Waals surface area contributed by atoms with Gasteiger partial charge in [-0.2, -0.15) is 0 Å². The summed E-state index contributed by atoms with van der Waals surface area (Å²) in [6, 6.07) is 18.2. The zero-order valence-corrected chi connectivity index (χ0v) is 10.1. The van der Waals surface area contributed by atoms with Crippen LogP contribution in [0.3, 0.4) is 0 Å². The lowest BCUT2D eigenvalue weighted by Gasteiger charge is -2.09. The summed E-state index contributed by atoms with van der Waals surface area (Å²) < 4.78 is 5.40. The summed E-state index contributed by atoms with van der Waals surface area (Å²) in [4.78, 5) is 4.41. The lowest BCUT2D eigenvalue weighted by Crippen LogP contribution is -1.88. The molecule has 0 saturated heterocycles. The Morgan fingerprint density at radius 1 is 0.833 bits per heavy atom. The van der Waals surface area contributed by atoms with Crippen molar-refractivity contribution in [3.05, 3.63) is 60.8 Å². The molecule has 1 heterocycles. The van der Waals surface area contributed by atoms with E-state index in [-0.39, 0.29) is 0 Å². The molecule has 0 bridgehead atoms. The van der Waals surface area contributed by atoms with Crippen molar-refractivity contribution in [3.63, 3.8) is 0 Å². The smallest absolute Gasteiger partial charge is 0.126 e. The highest BCUT2D eigenvalue weighted by molar-refractivity contribution is 5.99. The number of methoxy groups -OCH3 is 1. The SMILES string of the molecule is COc1cccc2c(-c3ccccn3)cccc12. The first-order valence-corrected chi connectivity index (χ1v) is 5.87. The minimum atomic E-state index is 0.894. The lowest BCUT2D eigenvalue weighted by molar-refractivity contribution is 0.420. The van der Waals surface area contributed by atoms with Crippen LogP contribution in [0, 0.1) is 0 Å². The van der Waals surface area contributed by atoms with E-state index in [0.29, 0.717) is 0 Å². The predicted octanol–water partition coefficient (Wildman–Crippen LogP) is 3.91. The largest absolute Gasteiger partial charge is 0.496 e. The first kappa shape index (κ1) is 10.8. The van der Waals surface area contributed by atoms with Gasteiger partial charge in [0.05, 0.1) is 12.8 Å². The third-order valence-corrected chi connectivity index (χ3v) is 3.04. The van der Waals surface area contributed by atoms with Gasteiger partial charge in [-0.3, -0.25) is 4.98 Å². The molecule has 2 nitrogen and oxygen atoms in total. The fraction of sp³-hybridized carbons (Fsp3) is 0.0625. The average Bonchev–Trinajstić information content (AvgIpc) is 2.47. The van der Waals surface area contributed by atoms with Crippen LogP contribution in [0.2, 0.25) is 0 Å². The molecule has 0 N–H and O–H groups in total. The highest BCUT2D eigenvalue weighted by atomic mass is 16.5. The molecule has 88 valence electrons. The van der Waals surface area contributed by atoms with Crippen molar-refractivity contribution >= 4 is 10.8 Å². The summed E-state index contributed by atoms with van der Waals surface area (Å²) in [5, 5.41) is 2.28. The number of pyridine rings is 1. The number of nitrogens with zero attached hydrogens (tertiary/aromatic N) is 1. The van der Waals surface area contributed by atoms with Gasteiger partial charge < -0.3 is 4.74 Å². The average molecular weight is 235 g/mol. The second-order valence-corrected chi connectivity index (χ2v) is 4.08. The summed E-state index contributed by atoms with van der Waals surface area (Å²) in [6.45, 7) is 0. The molecule has 0 atom stereocenters. The van der Waals surface area contributed by atoms with E-state index in [9.17, 15) is 0 Å². The molecule has 1 aromatic heterocycles. The Kier molecular flexibility index (Phi) is 2.69. The maximum absolute atomic E-state index is 5.40. The molecule has 0 unspecified atom stereocenters. The summed E-state index contributed by atoms with van der Waals surface area (Å²) in [6.07, 6.45) is 1.81. The van der Waals surface area contributed by atoms with Crippen LogP contribution in [0.1, 0.15) is 0 Å². The van der Waals surface area contributed by atoms with Crippen LogP contribution in [0.25, 0.3) is 22.0 Å². The fourth-order valence-electron chi connectivity index (χ4n) is 2.20. The van der Waals surface area contributed by atoms with Gasteiger partial charge in [0.1, 0.15) is 5.75 Å². The molecule has 3 aromatic rings. The molecule has 2 aromatic carbocycles. The van der Waals surface area contributed by atoms with Gasteiger partial charge >= 0.3 is 0 Å². The molecular weight excluding hydrogens is 222 g/mol. The Balaban J connectivity index is 2.32. The van der Waals surface area contributed by atoms with E-state index in [2.05, 4.69) is 23.2 Å². The molecule has 2 heteroatoms. The van der Waals surface area contributed by atoms with E-state index in [0.717, 1.165) is 27.8 Å². The standard InChI is InChI=1S/C16H13NO/c1-18-16-10-5-6-12-13(7-4-8-14(12)16)15-9-2-3-11-17-15/h2-11H,1H3. The molecule has 0 fully saturated rings. The maximum atomic E-state index is 5.40. The van der Waals surface area contributed by atoms with Crippen molar-refractivity contribution in [1.82, 2.24) is 4.98 Å². The monoisotopic (exact) mass is 235 g/mol. The highest BCUT2D eigenvalue weighted by Gasteiger charge is 2.06. The van der Waals surface area contributed by atoms with Crippen LogP contribution >= 0.6 is 0 Å². The maximum Gasteiger partial charge on any atom is 0.126 e. The second-order valence-electron chi connectivity index (χ2n) is 4.08. The highest BCUT2D eigenvalue weighted by Crippen LogP contribution is 2.32. The zero-order chi connectivity index (χ0) is 12.4. The summed E-state index contributed by atoms with van der Waals surface area (Å²) in [5.74, 6) is 0.894. The van der Waals surface area contributed by atoms with Crippen molar-refractivity contribution in [3.8, 4) is 17.0 Å². The van der Waals surface area contributed by atoms with Crippen LogP contribution in [0.5, 0.6) is 5.75 Å². The summed E-state index contributed by atoms with van der Waals surface area (Å²) >= 11 is 0. The summed E-state index contributed by atoms with van der Waals surface area (Å²) in [7, 11) is 1.70. The van der Waals surface area contributed by atoms with E-state index in [1.807, 2.05) is 42.6 Å². The van der Waals surface area contributed by atoms with E-state index >= 15 is 0 Å². The predicted molar refractivity (Wildman–Crippen MR) is 73.7 cm³/mol. The molecule has 18 heavy (non-hydrogen) atoms. The van der Waals surface area contributed by atoms with Crippen LogP contribution in [0.4, 0.5) is 0 Å². The van der Waals surface area contributed by atoms with Crippen LogP contribution in [0.15, 0.2) is 60.8 Å². The third kappa shape index (κ3) is 1.72. The topological polar surface area (TPSA) is 22.1 Å². The van der Waals surface area contributed by atoms with Gasteiger partial charge in [0.15, 0.2) is 0 Å². The minimum Gasteiger partial charge on any atom is -0.496 e. The van der Waals surface area contributed by atoms with E-state index in [1.165, 1.54) is 0 Å².